The van der Waals surface area contributed by atoms with Crippen LogP contribution in [-0.4, -0.2) is 37.0 Å². The maximum absolute atomic E-state index is 13.0. The predicted molar refractivity (Wildman–Crippen MR) is 92.8 cm³/mol. The van der Waals surface area contributed by atoms with Gasteiger partial charge >= 0.3 is 0 Å². The molecule has 4 rings (SSSR count). The van der Waals surface area contributed by atoms with Gasteiger partial charge in [0.1, 0.15) is 0 Å². The molecule has 2 heterocycles. The molecular formula is C19H20N2OS. The average molecular weight is 324 g/mol. The molecule has 2 fully saturated rings. The fourth-order valence-electron chi connectivity index (χ4n) is 3.54. The van der Waals surface area contributed by atoms with E-state index in [1.54, 1.807) is 11.8 Å². The predicted octanol–water partition coefficient (Wildman–Crippen LogP) is 3.13. The van der Waals surface area contributed by atoms with Crippen LogP contribution in [0.15, 0.2) is 64.4 Å². The van der Waals surface area contributed by atoms with Crippen molar-refractivity contribution in [3.05, 3.63) is 60.2 Å². The van der Waals surface area contributed by atoms with Crippen LogP contribution >= 0.6 is 11.8 Å². The van der Waals surface area contributed by atoms with Gasteiger partial charge in [-0.05, 0) is 36.1 Å². The Balaban J connectivity index is 1.55. The lowest BCUT2D eigenvalue weighted by Crippen LogP contribution is -2.32. The highest BCUT2D eigenvalue weighted by atomic mass is 32.2. The van der Waals surface area contributed by atoms with E-state index in [-0.39, 0.29) is 5.91 Å². The Morgan fingerprint density at radius 1 is 0.957 bits per heavy atom. The summed E-state index contributed by atoms with van der Waals surface area (Å²) in [5, 5.41) is 3.43. The summed E-state index contributed by atoms with van der Waals surface area (Å²) in [6, 6.07) is 18.2. The third-order valence-electron chi connectivity index (χ3n) is 4.77. The Hall–Kier alpha value is -1.78. The number of nitrogens with zero attached hydrogens (tertiary/aromatic N) is 1. The first kappa shape index (κ1) is 14.8. The van der Waals surface area contributed by atoms with Crippen LogP contribution < -0.4 is 5.32 Å². The minimum Gasteiger partial charge on any atom is -0.338 e. The first-order valence-electron chi connectivity index (χ1n) is 8.13. The van der Waals surface area contributed by atoms with Crippen LogP contribution in [0.4, 0.5) is 0 Å². The van der Waals surface area contributed by atoms with E-state index in [2.05, 4.69) is 17.4 Å². The summed E-state index contributed by atoms with van der Waals surface area (Å²) in [5.41, 5.74) is 0.828. The number of carbonyl (C=O) groups is 1. The summed E-state index contributed by atoms with van der Waals surface area (Å²) >= 11 is 1.66. The van der Waals surface area contributed by atoms with E-state index < -0.39 is 0 Å². The molecule has 3 nitrogen and oxygen atoms in total. The van der Waals surface area contributed by atoms with Crippen LogP contribution in [-0.2, 0) is 0 Å². The van der Waals surface area contributed by atoms with Crippen molar-refractivity contribution in [2.45, 2.75) is 9.79 Å². The Morgan fingerprint density at radius 3 is 2.35 bits per heavy atom. The third kappa shape index (κ3) is 3.01. The lowest BCUT2D eigenvalue weighted by atomic mass is 10.0. The van der Waals surface area contributed by atoms with Crippen molar-refractivity contribution in [2.75, 3.05) is 26.2 Å². The van der Waals surface area contributed by atoms with Gasteiger partial charge in [-0.3, -0.25) is 4.79 Å². The minimum atomic E-state index is 0.179. The first-order valence-corrected chi connectivity index (χ1v) is 8.95. The van der Waals surface area contributed by atoms with E-state index in [9.17, 15) is 4.79 Å². The highest BCUT2D eigenvalue weighted by molar-refractivity contribution is 7.99. The molecule has 4 heteroatoms. The van der Waals surface area contributed by atoms with Gasteiger partial charge in [0.05, 0.1) is 5.56 Å². The Kier molecular flexibility index (Phi) is 4.10. The van der Waals surface area contributed by atoms with Gasteiger partial charge in [-0.25, -0.2) is 0 Å². The minimum absolute atomic E-state index is 0.179. The Morgan fingerprint density at radius 2 is 1.61 bits per heavy atom. The van der Waals surface area contributed by atoms with E-state index in [0.29, 0.717) is 11.8 Å². The van der Waals surface area contributed by atoms with Gasteiger partial charge in [0.2, 0.25) is 0 Å². The molecule has 118 valence electrons. The lowest BCUT2D eigenvalue weighted by molar-refractivity contribution is 0.0778. The van der Waals surface area contributed by atoms with E-state index in [0.717, 1.165) is 41.5 Å². The van der Waals surface area contributed by atoms with Crippen molar-refractivity contribution in [2.24, 2.45) is 11.8 Å². The molecule has 0 unspecified atom stereocenters. The quantitative estimate of drug-likeness (QED) is 0.941. The zero-order valence-electron chi connectivity index (χ0n) is 12.9. The molecule has 0 spiro atoms. The number of likely N-dealkylation sites (tertiary alicyclic amines) is 1. The van der Waals surface area contributed by atoms with Gasteiger partial charge in [0.15, 0.2) is 0 Å². The number of rotatable bonds is 3. The van der Waals surface area contributed by atoms with Gasteiger partial charge in [0.25, 0.3) is 5.91 Å². The second-order valence-corrected chi connectivity index (χ2v) is 7.42. The summed E-state index contributed by atoms with van der Waals surface area (Å²) in [5.74, 6) is 1.44. The van der Waals surface area contributed by atoms with E-state index in [4.69, 9.17) is 0 Å². The summed E-state index contributed by atoms with van der Waals surface area (Å²) in [7, 11) is 0. The molecule has 2 atom stereocenters. The number of carbonyl (C=O) groups excluding carboxylic acids is 1. The van der Waals surface area contributed by atoms with Crippen LogP contribution in [0.1, 0.15) is 10.4 Å². The standard InChI is InChI=1S/C19H20N2OS/c22-19(21-12-14-10-20-11-15(14)13-21)17-8-4-5-9-18(17)23-16-6-2-1-3-7-16/h1-9,14-15,20H,10-13H2/t14-,15+. The van der Waals surface area contributed by atoms with Gasteiger partial charge in [0, 0.05) is 36.0 Å². The van der Waals surface area contributed by atoms with Crippen molar-refractivity contribution < 1.29 is 4.79 Å². The molecule has 2 aliphatic heterocycles. The van der Waals surface area contributed by atoms with Crippen LogP contribution in [0.25, 0.3) is 0 Å². The van der Waals surface area contributed by atoms with Crippen LogP contribution in [0.5, 0.6) is 0 Å². The smallest absolute Gasteiger partial charge is 0.255 e. The highest BCUT2D eigenvalue weighted by Crippen LogP contribution is 2.33. The molecule has 0 saturated carbocycles. The normalized spacial score (nSPS) is 23.0. The highest BCUT2D eigenvalue weighted by Gasteiger charge is 2.38. The summed E-state index contributed by atoms with van der Waals surface area (Å²) in [4.78, 5) is 17.2. The fraction of sp³-hybridized carbons (Fsp3) is 0.316. The van der Waals surface area contributed by atoms with Crippen molar-refractivity contribution in [3.8, 4) is 0 Å². The fourth-order valence-corrected chi connectivity index (χ4v) is 4.50. The zero-order chi connectivity index (χ0) is 15.6. The summed E-state index contributed by atoms with van der Waals surface area (Å²) in [6.07, 6.45) is 0. The SMILES string of the molecule is O=C(c1ccccc1Sc1ccccc1)N1C[C@H]2CNC[C@H]2C1. The van der Waals surface area contributed by atoms with Gasteiger partial charge in [-0.15, -0.1) is 0 Å². The van der Waals surface area contributed by atoms with Crippen molar-refractivity contribution in [3.63, 3.8) is 0 Å². The van der Waals surface area contributed by atoms with Crippen LogP contribution in [0.3, 0.4) is 0 Å². The number of benzene rings is 2. The number of hydrogen-bond donors (Lipinski definition) is 1. The maximum atomic E-state index is 13.0. The molecule has 0 aromatic heterocycles. The zero-order valence-corrected chi connectivity index (χ0v) is 13.8. The van der Waals surface area contributed by atoms with Gasteiger partial charge in [-0.2, -0.15) is 0 Å². The topological polar surface area (TPSA) is 32.3 Å². The number of amides is 1. The van der Waals surface area contributed by atoms with Crippen LogP contribution in [0.2, 0.25) is 0 Å². The average Bonchev–Trinajstić information content (AvgIpc) is 3.17. The lowest BCUT2D eigenvalue weighted by Gasteiger charge is -2.19. The van der Waals surface area contributed by atoms with Crippen LogP contribution in [0, 0.1) is 11.8 Å². The molecule has 2 aliphatic rings. The maximum Gasteiger partial charge on any atom is 0.255 e. The number of hydrogen-bond acceptors (Lipinski definition) is 3. The molecule has 23 heavy (non-hydrogen) atoms. The third-order valence-corrected chi connectivity index (χ3v) is 5.85. The largest absolute Gasteiger partial charge is 0.338 e. The molecule has 1 N–H and O–H groups in total. The Labute approximate surface area is 141 Å². The Bertz CT molecular complexity index is 692. The van der Waals surface area contributed by atoms with Gasteiger partial charge < -0.3 is 10.2 Å². The molecule has 0 radical (unpaired) electrons. The van der Waals surface area contributed by atoms with Crippen molar-refractivity contribution in [1.29, 1.82) is 0 Å². The first-order chi connectivity index (χ1) is 11.3. The second kappa shape index (κ2) is 6.38. The van der Waals surface area contributed by atoms with E-state index in [1.807, 2.05) is 47.4 Å². The monoisotopic (exact) mass is 324 g/mol. The van der Waals surface area contributed by atoms with Crippen molar-refractivity contribution in [1.82, 2.24) is 10.2 Å². The second-order valence-electron chi connectivity index (χ2n) is 6.30. The number of fused-ring (bicyclic) bond motifs is 1. The number of nitrogens with one attached hydrogen (secondary N) is 1. The summed E-state index contributed by atoms with van der Waals surface area (Å²) < 4.78 is 0. The molecular weight excluding hydrogens is 304 g/mol. The molecule has 2 aromatic rings. The molecule has 2 saturated heterocycles. The van der Waals surface area contributed by atoms with E-state index in [1.165, 1.54) is 0 Å². The van der Waals surface area contributed by atoms with Crippen molar-refractivity contribution >= 4 is 17.7 Å². The molecule has 1 amide bonds. The molecule has 2 aromatic carbocycles. The molecule has 0 bridgehead atoms. The summed E-state index contributed by atoms with van der Waals surface area (Å²) in [6.45, 7) is 3.88. The molecule has 0 aliphatic carbocycles. The van der Waals surface area contributed by atoms with Gasteiger partial charge in [-0.1, -0.05) is 42.1 Å². The van der Waals surface area contributed by atoms with E-state index >= 15 is 0 Å².